The highest BCUT2D eigenvalue weighted by Crippen LogP contribution is 2.14. The summed E-state index contributed by atoms with van der Waals surface area (Å²) < 4.78 is 0. The molecule has 0 atom stereocenters. The topological polar surface area (TPSA) is 28.1 Å². The molecule has 3 heteroatoms. The van der Waals surface area contributed by atoms with E-state index in [1.165, 1.54) is 6.07 Å². The lowest BCUT2D eigenvalue weighted by molar-refractivity contribution is 1.50. The lowest BCUT2D eigenvalue weighted by Crippen LogP contribution is -1.99. The normalized spacial score (nSPS) is 8.18. The van der Waals surface area contributed by atoms with Crippen LogP contribution in [0.2, 0.25) is 0 Å². The summed E-state index contributed by atoms with van der Waals surface area (Å²) in [7, 11) is 5.41. The molecule has 2 nitrogen and oxygen atoms in total. The van der Waals surface area contributed by atoms with Gasteiger partial charge in [0.2, 0.25) is 5.69 Å². The molecule has 0 aromatic heterocycles. The van der Waals surface area contributed by atoms with Gasteiger partial charge in [0.25, 0.3) is 0 Å². The Morgan fingerprint density at radius 1 is 1.55 bits per heavy atom. The van der Waals surface area contributed by atoms with Crippen molar-refractivity contribution in [1.29, 1.82) is 5.26 Å². The van der Waals surface area contributed by atoms with Crippen molar-refractivity contribution in [2.45, 2.75) is 0 Å². The summed E-state index contributed by atoms with van der Waals surface area (Å²) >= 11 is 0. The number of nitriles is 1. The summed E-state index contributed by atoms with van der Waals surface area (Å²) in [6, 6.07) is 6.54. The Kier molecular flexibility index (Phi) is 1.94. The molecule has 48 valence electrons. The van der Waals surface area contributed by atoms with Gasteiger partial charge in [-0.2, -0.15) is 5.26 Å². The summed E-state index contributed by atoms with van der Waals surface area (Å²) in [6.07, 6.45) is 0. The standard InChI is InChI=1S/C8H3BN2/c1-11-8-4-7(9)3-2-6(8)5-10/h2-4H. The van der Waals surface area contributed by atoms with E-state index in [0.29, 0.717) is 16.7 Å². The second-order valence-electron chi connectivity index (χ2n) is 2.00. The molecule has 2 radical (unpaired) electrons. The van der Waals surface area contributed by atoms with E-state index in [2.05, 4.69) is 4.85 Å². The highest BCUT2D eigenvalue weighted by Gasteiger charge is 1.98. The van der Waals surface area contributed by atoms with Crippen LogP contribution in [0.4, 0.5) is 5.69 Å². The molecule has 0 saturated heterocycles. The van der Waals surface area contributed by atoms with Gasteiger partial charge in [-0.1, -0.05) is 18.2 Å². The minimum atomic E-state index is 0.313. The quantitative estimate of drug-likeness (QED) is 0.386. The predicted octanol–water partition coefficient (Wildman–Crippen LogP) is 0.903. The van der Waals surface area contributed by atoms with Crippen LogP contribution in [0.1, 0.15) is 5.56 Å². The molecule has 0 saturated carbocycles. The van der Waals surface area contributed by atoms with Crippen LogP contribution in [0, 0.1) is 17.9 Å². The van der Waals surface area contributed by atoms with E-state index in [-0.39, 0.29) is 0 Å². The van der Waals surface area contributed by atoms with Crippen LogP contribution < -0.4 is 5.46 Å². The monoisotopic (exact) mass is 138 g/mol. The van der Waals surface area contributed by atoms with Crippen LogP contribution in [-0.4, -0.2) is 7.85 Å². The smallest absolute Gasteiger partial charge is 0.204 e. The number of hydrogen-bond donors (Lipinski definition) is 0. The molecule has 0 aliphatic carbocycles. The molecule has 1 rings (SSSR count). The lowest BCUT2D eigenvalue weighted by Gasteiger charge is -1.94. The average Bonchev–Trinajstić information content (AvgIpc) is 2.04. The third-order valence-electron chi connectivity index (χ3n) is 1.26. The molecule has 0 N–H and O–H groups in total. The second kappa shape index (κ2) is 2.90. The Labute approximate surface area is 66.3 Å². The molecular weight excluding hydrogens is 135 g/mol. The maximum absolute atomic E-state index is 8.51. The van der Waals surface area contributed by atoms with Gasteiger partial charge in [-0.05, 0) is 0 Å². The van der Waals surface area contributed by atoms with E-state index < -0.39 is 0 Å². The molecule has 1 aromatic carbocycles. The van der Waals surface area contributed by atoms with Crippen molar-refractivity contribution in [1.82, 2.24) is 0 Å². The maximum Gasteiger partial charge on any atom is 0.204 e. The molecule has 1 aromatic rings. The van der Waals surface area contributed by atoms with Gasteiger partial charge in [0.1, 0.15) is 7.85 Å². The number of benzene rings is 1. The first kappa shape index (κ1) is 7.37. The Hall–Kier alpha value is -1.74. The van der Waals surface area contributed by atoms with Gasteiger partial charge in [-0.15, -0.1) is 5.46 Å². The largest absolute Gasteiger partial charge is 0.237 e. The van der Waals surface area contributed by atoms with Crippen LogP contribution in [0.3, 0.4) is 0 Å². The molecule has 0 fully saturated rings. The molecule has 0 bridgehead atoms. The fourth-order valence-corrected chi connectivity index (χ4v) is 0.736. The minimum Gasteiger partial charge on any atom is -0.237 e. The Morgan fingerprint density at radius 2 is 2.27 bits per heavy atom. The van der Waals surface area contributed by atoms with Crippen LogP contribution in [0.25, 0.3) is 4.85 Å². The van der Waals surface area contributed by atoms with Gasteiger partial charge < -0.3 is 0 Å². The molecule has 0 unspecified atom stereocenters. The minimum absolute atomic E-state index is 0.313. The highest BCUT2D eigenvalue weighted by molar-refractivity contribution is 6.32. The fourth-order valence-electron chi connectivity index (χ4n) is 0.736. The van der Waals surface area contributed by atoms with Gasteiger partial charge in [0.15, 0.2) is 0 Å². The third kappa shape index (κ3) is 1.39. The Morgan fingerprint density at radius 3 is 2.82 bits per heavy atom. The van der Waals surface area contributed by atoms with E-state index in [1.54, 1.807) is 12.1 Å². The van der Waals surface area contributed by atoms with Crippen molar-refractivity contribution in [3.8, 4) is 6.07 Å². The summed E-state index contributed by atoms with van der Waals surface area (Å²) in [5.74, 6) is 0. The molecular formula is C8H3BN2. The molecule has 0 amide bonds. The summed E-state index contributed by atoms with van der Waals surface area (Å²) in [4.78, 5) is 3.15. The number of hydrogen-bond acceptors (Lipinski definition) is 1. The zero-order valence-corrected chi connectivity index (χ0v) is 5.70. The van der Waals surface area contributed by atoms with E-state index in [0.717, 1.165) is 0 Å². The molecule has 11 heavy (non-hydrogen) atoms. The highest BCUT2D eigenvalue weighted by atomic mass is 14.6. The molecule has 0 heterocycles. The predicted molar refractivity (Wildman–Crippen MR) is 42.8 cm³/mol. The van der Waals surface area contributed by atoms with Crippen LogP contribution >= 0.6 is 0 Å². The first-order chi connectivity index (χ1) is 5.27. The molecule has 0 spiro atoms. The van der Waals surface area contributed by atoms with E-state index in [9.17, 15) is 0 Å². The van der Waals surface area contributed by atoms with E-state index >= 15 is 0 Å². The average molecular weight is 138 g/mol. The lowest BCUT2D eigenvalue weighted by atomic mass is 9.94. The van der Waals surface area contributed by atoms with Crippen molar-refractivity contribution in [2.24, 2.45) is 0 Å². The molecule has 0 aliphatic heterocycles. The third-order valence-corrected chi connectivity index (χ3v) is 1.26. The summed E-state index contributed by atoms with van der Waals surface area (Å²) in [5, 5.41) is 8.51. The number of nitrogens with zero attached hydrogens (tertiary/aromatic N) is 2. The zero-order valence-electron chi connectivity index (χ0n) is 5.70. The second-order valence-corrected chi connectivity index (χ2v) is 2.00. The van der Waals surface area contributed by atoms with Crippen LogP contribution in [0.5, 0.6) is 0 Å². The van der Waals surface area contributed by atoms with Crippen molar-refractivity contribution < 1.29 is 0 Å². The van der Waals surface area contributed by atoms with Crippen molar-refractivity contribution in [3.05, 3.63) is 35.2 Å². The maximum atomic E-state index is 8.51. The van der Waals surface area contributed by atoms with Crippen molar-refractivity contribution in [2.75, 3.05) is 0 Å². The zero-order chi connectivity index (χ0) is 8.27. The fraction of sp³-hybridized carbons (Fsp3) is 0. The van der Waals surface area contributed by atoms with Gasteiger partial charge >= 0.3 is 0 Å². The van der Waals surface area contributed by atoms with Crippen molar-refractivity contribution in [3.63, 3.8) is 0 Å². The molecule has 0 aliphatic rings. The first-order valence-electron chi connectivity index (χ1n) is 2.95. The first-order valence-corrected chi connectivity index (χ1v) is 2.95. The van der Waals surface area contributed by atoms with E-state index in [4.69, 9.17) is 19.7 Å². The van der Waals surface area contributed by atoms with Crippen LogP contribution in [0.15, 0.2) is 18.2 Å². The van der Waals surface area contributed by atoms with Gasteiger partial charge in [0, 0.05) is 0 Å². The Bertz CT molecular complexity index is 357. The van der Waals surface area contributed by atoms with Gasteiger partial charge in [-0.3, -0.25) is 0 Å². The van der Waals surface area contributed by atoms with E-state index in [1.807, 2.05) is 6.07 Å². The van der Waals surface area contributed by atoms with Crippen LogP contribution in [-0.2, 0) is 0 Å². The number of rotatable bonds is 0. The Balaban J connectivity index is 3.34. The van der Waals surface area contributed by atoms with Gasteiger partial charge in [-0.25, -0.2) is 4.85 Å². The van der Waals surface area contributed by atoms with Crippen molar-refractivity contribution >= 4 is 19.0 Å². The summed E-state index contributed by atoms with van der Waals surface area (Å²) in [6.45, 7) is 6.70. The SMILES string of the molecule is [B]c1ccc(C#N)c([N+]#[C-])c1. The summed E-state index contributed by atoms with van der Waals surface area (Å²) in [5.41, 5.74) is 1.19. The van der Waals surface area contributed by atoms with Gasteiger partial charge in [0.05, 0.1) is 18.2 Å².